The van der Waals surface area contributed by atoms with Crippen molar-refractivity contribution >= 4 is 22.2 Å². The Hall–Kier alpha value is -1.36. The number of hydrogen-bond acceptors (Lipinski definition) is 5. The van der Waals surface area contributed by atoms with Crippen LogP contribution in [-0.4, -0.2) is 60.8 Å². The summed E-state index contributed by atoms with van der Waals surface area (Å²) in [5.41, 5.74) is -5.53. The van der Waals surface area contributed by atoms with E-state index >= 15 is 0 Å². The highest BCUT2D eigenvalue weighted by atomic mass is 32.2. The van der Waals surface area contributed by atoms with Crippen LogP contribution in [0.2, 0.25) is 0 Å². The maximum atomic E-state index is 10.7. The number of oxime groups is 1. The Kier molecular flexibility index (Phi) is 6.22. The van der Waals surface area contributed by atoms with Gasteiger partial charge in [0.15, 0.2) is 0 Å². The lowest BCUT2D eigenvalue weighted by Gasteiger charge is -2.10. The van der Waals surface area contributed by atoms with E-state index < -0.39 is 15.6 Å². The zero-order valence-corrected chi connectivity index (χ0v) is 11.0. The lowest BCUT2D eigenvalue weighted by atomic mass is 10.5. The molecule has 2 N–H and O–H groups in total. The van der Waals surface area contributed by atoms with Gasteiger partial charge in [-0.15, -0.1) is 0 Å². The SMILES string of the molecule is CN(C)C(/C=N/O)=NC1CC1.O=S(=O)(O)C(F)(F)F. The summed E-state index contributed by atoms with van der Waals surface area (Å²) < 4.78 is 57.5. The van der Waals surface area contributed by atoms with E-state index in [1.165, 1.54) is 6.21 Å². The molecular formula is C8H14F3N3O4S. The highest BCUT2D eigenvalue weighted by molar-refractivity contribution is 7.86. The predicted molar refractivity (Wildman–Crippen MR) is 62.0 cm³/mol. The van der Waals surface area contributed by atoms with E-state index in [-0.39, 0.29) is 0 Å². The molecule has 1 rings (SSSR count). The van der Waals surface area contributed by atoms with Crippen LogP contribution in [-0.2, 0) is 10.1 Å². The molecule has 112 valence electrons. The summed E-state index contributed by atoms with van der Waals surface area (Å²) in [6.07, 6.45) is 3.69. The Bertz CT molecular complexity index is 441. The van der Waals surface area contributed by atoms with Crippen LogP contribution in [0.15, 0.2) is 10.1 Å². The number of nitrogens with zero attached hydrogens (tertiary/aromatic N) is 3. The van der Waals surface area contributed by atoms with Gasteiger partial charge in [-0.1, -0.05) is 5.16 Å². The highest BCUT2D eigenvalue weighted by Gasteiger charge is 2.44. The molecule has 1 aliphatic rings. The normalized spacial score (nSPS) is 17.1. The van der Waals surface area contributed by atoms with Gasteiger partial charge in [0.2, 0.25) is 0 Å². The molecule has 0 aromatic carbocycles. The number of alkyl halides is 3. The Morgan fingerprint density at radius 3 is 2.00 bits per heavy atom. The molecule has 19 heavy (non-hydrogen) atoms. The lowest BCUT2D eigenvalue weighted by Crippen LogP contribution is -2.23. The van der Waals surface area contributed by atoms with Crippen molar-refractivity contribution < 1.29 is 31.3 Å². The van der Waals surface area contributed by atoms with E-state index in [1.807, 2.05) is 19.0 Å². The third-order valence-electron chi connectivity index (χ3n) is 1.79. The molecule has 1 fully saturated rings. The van der Waals surface area contributed by atoms with Crippen molar-refractivity contribution in [1.82, 2.24) is 4.90 Å². The molecule has 0 radical (unpaired) electrons. The van der Waals surface area contributed by atoms with Gasteiger partial charge in [-0.25, -0.2) is 0 Å². The summed E-state index contributed by atoms with van der Waals surface area (Å²) >= 11 is 0. The average molecular weight is 305 g/mol. The van der Waals surface area contributed by atoms with E-state index in [1.54, 1.807) is 0 Å². The molecule has 0 aromatic rings. The molecule has 7 nitrogen and oxygen atoms in total. The van der Waals surface area contributed by atoms with Gasteiger partial charge in [0, 0.05) is 14.1 Å². The Morgan fingerprint density at radius 1 is 1.37 bits per heavy atom. The van der Waals surface area contributed by atoms with Crippen molar-refractivity contribution in [3.63, 3.8) is 0 Å². The van der Waals surface area contributed by atoms with E-state index in [2.05, 4.69) is 10.1 Å². The molecule has 0 saturated heterocycles. The largest absolute Gasteiger partial charge is 0.522 e. The molecule has 0 spiro atoms. The van der Waals surface area contributed by atoms with Crippen molar-refractivity contribution in [3.8, 4) is 0 Å². The zero-order chi connectivity index (χ0) is 15.3. The first-order valence-electron chi connectivity index (χ1n) is 4.95. The maximum Gasteiger partial charge on any atom is 0.522 e. The highest BCUT2D eigenvalue weighted by Crippen LogP contribution is 2.23. The van der Waals surface area contributed by atoms with Gasteiger partial charge in [0.25, 0.3) is 0 Å². The van der Waals surface area contributed by atoms with Crippen molar-refractivity contribution in [2.24, 2.45) is 10.1 Å². The first-order valence-corrected chi connectivity index (χ1v) is 6.39. The molecule has 0 bridgehead atoms. The van der Waals surface area contributed by atoms with Crippen LogP contribution < -0.4 is 0 Å². The molecule has 11 heteroatoms. The summed E-state index contributed by atoms with van der Waals surface area (Å²) in [4.78, 5) is 6.14. The van der Waals surface area contributed by atoms with Gasteiger partial charge in [0.05, 0.1) is 6.04 Å². The molecule has 0 unspecified atom stereocenters. The second-order valence-electron chi connectivity index (χ2n) is 3.78. The van der Waals surface area contributed by atoms with Crippen molar-refractivity contribution in [2.75, 3.05) is 14.1 Å². The van der Waals surface area contributed by atoms with Gasteiger partial charge in [-0.05, 0) is 12.8 Å². The fraction of sp³-hybridized carbons (Fsp3) is 0.750. The Balaban J connectivity index is 0.000000362. The molecule has 0 atom stereocenters. The van der Waals surface area contributed by atoms with Crippen molar-refractivity contribution in [1.29, 1.82) is 0 Å². The minimum atomic E-state index is -5.84. The Morgan fingerprint density at radius 2 is 1.79 bits per heavy atom. The number of amidine groups is 1. The lowest BCUT2D eigenvalue weighted by molar-refractivity contribution is -0.0510. The first-order chi connectivity index (χ1) is 8.49. The maximum absolute atomic E-state index is 10.7. The van der Waals surface area contributed by atoms with Crippen LogP contribution in [0.25, 0.3) is 0 Å². The van der Waals surface area contributed by atoms with Crippen molar-refractivity contribution in [2.45, 2.75) is 24.4 Å². The first kappa shape index (κ1) is 17.6. The van der Waals surface area contributed by atoms with Gasteiger partial charge in [-0.3, -0.25) is 9.55 Å². The predicted octanol–water partition coefficient (Wildman–Crippen LogP) is 0.963. The second kappa shape index (κ2) is 6.70. The van der Waals surface area contributed by atoms with Crippen LogP contribution in [0.4, 0.5) is 13.2 Å². The van der Waals surface area contributed by atoms with Crippen LogP contribution in [0, 0.1) is 0 Å². The second-order valence-corrected chi connectivity index (χ2v) is 5.19. The molecular weight excluding hydrogens is 291 g/mol. The van der Waals surface area contributed by atoms with Crippen molar-refractivity contribution in [3.05, 3.63) is 0 Å². The molecule has 1 saturated carbocycles. The monoisotopic (exact) mass is 305 g/mol. The Labute approximate surface area is 108 Å². The minimum absolute atomic E-state index is 0.463. The van der Waals surface area contributed by atoms with Gasteiger partial charge in [-0.2, -0.15) is 21.6 Å². The molecule has 0 aromatic heterocycles. The van der Waals surface area contributed by atoms with E-state index in [0.717, 1.165) is 18.7 Å². The summed E-state index contributed by atoms with van der Waals surface area (Å²) in [5, 5.41) is 11.2. The fourth-order valence-electron chi connectivity index (χ4n) is 0.707. The summed E-state index contributed by atoms with van der Waals surface area (Å²) in [7, 11) is -2.08. The average Bonchev–Trinajstić information content (AvgIpc) is 2.98. The van der Waals surface area contributed by atoms with E-state index in [9.17, 15) is 13.2 Å². The topological polar surface area (TPSA) is 103 Å². The van der Waals surface area contributed by atoms with Crippen LogP contribution in [0.5, 0.6) is 0 Å². The number of hydrogen-bond donors (Lipinski definition) is 2. The van der Waals surface area contributed by atoms with E-state index in [4.69, 9.17) is 18.2 Å². The molecule has 0 aliphatic heterocycles. The standard InChI is InChI=1S/C7H13N3O.CHF3O3S/c1-10(2)7(5-8-11)9-6-3-4-6;2-1(3,4)8(5,6)7/h5-6,11H,3-4H2,1-2H3;(H,5,6,7)/b8-5+,9-7?;. The van der Waals surface area contributed by atoms with Gasteiger partial charge in [0.1, 0.15) is 12.1 Å². The summed E-state index contributed by atoms with van der Waals surface area (Å²) in [6.45, 7) is 0. The fourth-order valence-corrected chi connectivity index (χ4v) is 0.707. The van der Waals surface area contributed by atoms with Crippen LogP contribution in [0.3, 0.4) is 0 Å². The zero-order valence-electron chi connectivity index (χ0n) is 10.2. The molecule has 1 aliphatic carbocycles. The van der Waals surface area contributed by atoms with Crippen LogP contribution >= 0.6 is 0 Å². The molecule has 0 heterocycles. The smallest absolute Gasteiger partial charge is 0.411 e. The minimum Gasteiger partial charge on any atom is -0.411 e. The third kappa shape index (κ3) is 7.62. The van der Waals surface area contributed by atoms with Gasteiger partial charge < -0.3 is 10.1 Å². The summed E-state index contributed by atoms with van der Waals surface area (Å²) in [6, 6.07) is 0.463. The molecule has 0 amide bonds. The number of aliphatic imine (C=N–C) groups is 1. The van der Waals surface area contributed by atoms with Gasteiger partial charge >= 0.3 is 15.6 Å². The quantitative estimate of drug-likeness (QED) is 0.197. The summed E-state index contributed by atoms with van der Waals surface area (Å²) in [5.74, 6) is 0.731. The number of halogens is 3. The van der Waals surface area contributed by atoms with Crippen LogP contribution in [0.1, 0.15) is 12.8 Å². The van der Waals surface area contributed by atoms with E-state index in [0.29, 0.717) is 6.04 Å². The number of rotatable bonds is 2. The third-order valence-corrected chi connectivity index (χ3v) is 2.37.